The van der Waals surface area contributed by atoms with E-state index in [1.54, 1.807) is 11.7 Å². The Morgan fingerprint density at radius 2 is 2.53 bits per heavy atom. The number of ether oxygens (including phenoxy) is 1. The fourth-order valence-electron chi connectivity index (χ4n) is 1.22. The van der Waals surface area contributed by atoms with Gasteiger partial charge in [-0.2, -0.15) is 0 Å². The van der Waals surface area contributed by atoms with Crippen LogP contribution in [0.25, 0.3) is 0 Å². The van der Waals surface area contributed by atoms with Crippen LogP contribution in [0.5, 0.6) is 0 Å². The Kier molecular flexibility index (Phi) is 2.96. The molecule has 0 aromatic carbocycles. The molecule has 1 aromatic rings. The Bertz CT molecular complexity index is 355. The lowest BCUT2D eigenvalue weighted by Crippen LogP contribution is -2.53. The van der Waals surface area contributed by atoms with E-state index in [2.05, 4.69) is 10.3 Å². The normalized spacial score (nSPS) is 19.2. The molecule has 5 nitrogen and oxygen atoms in total. The van der Waals surface area contributed by atoms with Gasteiger partial charge in [-0.1, -0.05) is 0 Å². The van der Waals surface area contributed by atoms with Gasteiger partial charge in [0.2, 0.25) is 5.91 Å². The Morgan fingerprint density at radius 3 is 3.13 bits per heavy atom. The molecule has 2 heterocycles. The topological polar surface area (TPSA) is 68.3 Å². The standard InChI is InChI=1S/C9H10N2O3S/c12-8-3-7(11-8)9(13)14-2-1-6-4-10-5-15-6/h4-5,7H,1-3H2,(H,11,12). The van der Waals surface area contributed by atoms with Gasteiger partial charge in [-0.15, -0.1) is 11.3 Å². The van der Waals surface area contributed by atoms with Crippen LogP contribution in [-0.2, 0) is 20.7 Å². The molecule has 1 aliphatic heterocycles. The number of hydrogen-bond donors (Lipinski definition) is 1. The number of amides is 1. The van der Waals surface area contributed by atoms with Crippen LogP contribution in [0, 0.1) is 0 Å². The third-order valence-electron chi connectivity index (χ3n) is 2.09. The highest BCUT2D eigenvalue weighted by Gasteiger charge is 2.32. The highest BCUT2D eigenvalue weighted by Crippen LogP contribution is 2.08. The zero-order valence-corrected chi connectivity index (χ0v) is 8.75. The van der Waals surface area contributed by atoms with Crippen molar-refractivity contribution in [2.75, 3.05) is 6.61 Å². The molecule has 1 N–H and O–H groups in total. The zero-order valence-electron chi connectivity index (χ0n) is 7.93. The second-order valence-electron chi connectivity index (χ2n) is 3.21. The Labute approximate surface area is 90.5 Å². The Morgan fingerprint density at radius 1 is 1.73 bits per heavy atom. The molecule has 1 aliphatic rings. The van der Waals surface area contributed by atoms with Crippen LogP contribution in [-0.4, -0.2) is 29.5 Å². The van der Waals surface area contributed by atoms with Gasteiger partial charge in [0.25, 0.3) is 0 Å². The highest BCUT2D eigenvalue weighted by molar-refractivity contribution is 7.09. The molecule has 80 valence electrons. The highest BCUT2D eigenvalue weighted by atomic mass is 32.1. The van der Waals surface area contributed by atoms with Crippen LogP contribution in [0.3, 0.4) is 0 Å². The summed E-state index contributed by atoms with van der Waals surface area (Å²) in [5, 5.41) is 2.46. The molecule has 1 amide bonds. The van der Waals surface area contributed by atoms with Crippen molar-refractivity contribution in [1.82, 2.24) is 10.3 Å². The molecular weight excluding hydrogens is 216 g/mol. The van der Waals surface area contributed by atoms with Gasteiger partial charge in [0.1, 0.15) is 6.04 Å². The number of esters is 1. The monoisotopic (exact) mass is 226 g/mol. The maximum Gasteiger partial charge on any atom is 0.329 e. The second-order valence-corrected chi connectivity index (χ2v) is 4.18. The van der Waals surface area contributed by atoms with E-state index in [9.17, 15) is 9.59 Å². The van der Waals surface area contributed by atoms with Crippen molar-refractivity contribution < 1.29 is 14.3 Å². The summed E-state index contributed by atoms with van der Waals surface area (Å²) >= 11 is 1.53. The summed E-state index contributed by atoms with van der Waals surface area (Å²) in [6, 6.07) is -0.432. The van der Waals surface area contributed by atoms with Gasteiger partial charge in [-0.25, -0.2) is 4.79 Å². The molecule has 0 aliphatic carbocycles. The summed E-state index contributed by atoms with van der Waals surface area (Å²) in [6.07, 6.45) is 2.68. The Balaban J connectivity index is 1.66. The molecule has 0 bridgehead atoms. The first-order valence-corrected chi connectivity index (χ1v) is 5.47. The number of rotatable bonds is 4. The molecule has 6 heteroatoms. The lowest BCUT2D eigenvalue weighted by atomic mass is 10.1. The first kappa shape index (κ1) is 10.1. The van der Waals surface area contributed by atoms with Gasteiger partial charge >= 0.3 is 5.97 Å². The minimum absolute atomic E-state index is 0.0978. The summed E-state index contributed by atoms with van der Waals surface area (Å²) in [5.74, 6) is -0.446. The van der Waals surface area contributed by atoms with Gasteiger partial charge in [-0.3, -0.25) is 9.78 Å². The fraction of sp³-hybridized carbons (Fsp3) is 0.444. The van der Waals surface area contributed by atoms with Crippen molar-refractivity contribution in [2.24, 2.45) is 0 Å². The van der Waals surface area contributed by atoms with Crippen molar-refractivity contribution in [1.29, 1.82) is 0 Å². The molecule has 0 spiro atoms. The third kappa shape index (κ3) is 2.53. The van der Waals surface area contributed by atoms with Crippen molar-refractivity contribution in [2.45, 2.75) is 18.9 Å². The number of β-lactam (4-membered cyclic amide) rings is 1. The maximum absolute atomic E-state index is 11.3. The van der Waals surface area contributed by atoms with E-state index in [-0.39, 0.29) is 18.3 Å². The number of nitrogens with zero attached hydrogens (tertiary/aromatic N) is 1. The lowest BCUT2D eigenvalue weighted by Gasteiger charge is -2.24. The van der Waals surface area contributed by atoms with E-state index in [0.717, 1.165) is 4.88 Å². The van der Waals surface area contributed by atoms with Crippen LogP contribution in [0.2, 0.25) is 0 Å². The van der Waals surface area contributed by atoms with E-state index in [4.69, 9.17) is 4.74 Å². The first-order valence-electron chi connectivity index (χ1n) is 4.59. The van der Waals surface area contributed by atoms with E-state index in [1.807, 2.05) is 0 Å². The molecular formula is C9H10N2O3S. The van der Waals surface area contributed by atoms with E-state index in [0.29, 0.717) is 13.0 Å². The molecule has 0 radical (unpaired) electrons. The summed E-state index contributed by atoms with van der Waals surface area (Å²) < 4.78 is 4.99. The lowest BCUT2D eigenvalue weighted by molar-refractivity contribution is -0.153. The molecule has 1 unspecified atom stereocenters. The van der Waals surface area contributed by atoms with Crippen molar-refractivity contribution >= 4 is 23.2 Å². The molecule has 2 rings (SSSR count). The molecule has 0 saturated carbocycles. The average molecular weight is 226 g/mol. The number of aromatic nitrogens is 1. The van der Waals surface area contributed by atoms with Crippen LogP contribution in [0.1, 0.15) is 11.3 Å². The summed E-state index contributed by atoms with van der Waals surface area (Å²) in [4.78, 5) is 26.8. The molecule has 1 fully saturated rings. The van der Waals surface area contributed by atoms with Crippen molar-refractivity contribution in [3.05, 3.63) is 16.6 Å². The molecule has 1 atom stereocenters. The SMILES string of the molecule is O=C1CC(C(=O)OCCc2cncs2)N1. The maximum atomic E-state index is 11.3. The van der Waals surface area contributed by atoms with Crippen LogP contribution >= 0.6 is 11.3 Å². The fourth-order valence-corrected chi connectivity index (χ4v) is 1.80. The quantitative estimate of drug-likeness (QED) is 0.584. The van der Waals surface area contributed by atoms with Gasteiger partial charge in [0, 0.05) is 17.5 Å². The predicted octanol–water partition coefficient (Wildman–Crippen LogP) is 0.117. The van der Waals surface area contributed by atoms with Gasteiger partial charge in [-0.05, 0) is 0 Å². The minimum Gasteiger partial charge on any atom is -0.464 e. The van der Waals surface area contributed by atoms with Crippen LogP contribution in [0.4, 0.5) is 0 Å². The summed E-state index contributed by atoms with van der Waals surface area (Å²) in [6.45, 7) is 0.341. The minimum atomic E-state index is -0.432. The number of carbonyl (C=O) groups excluding carboxylic acids is 2. The predicted molar refractivity (Wildman–Crippen MR) is 53.3 cm³/mol. The van der Waals surface area contributed by atoms with E-state index in [1.165, 1.54) is 11.3 Å². The number of nitrogens with one attached hydrogen (secondary N) is 1. The second kappa shape index (κ2) is 4.39. The number of thiazole rings is 1. The first-order chi connectivity index (χ1) is 7.25. The molecule has 1 saturated heterocycles. The van der Waals surface area contributed by atoms with Gasteiger partial charge in [0.15, 0.2) is 0 Å². The largest absolute Gasteiger partial charge is 0.464 e. The van der Waals surface area contributed by atoms with E-state index < -0.39 is 6.04 Å². The zero-order chi connectivity index (χ0) is 10.7. The third-order valence-corrected chi connectivity index (χ3v) is 2.92. The van der Waals surface area contributed by atoms with Gasteiger partial charge in [0.05, 0.1) is 18.5 Å². The number of hydrogen-bond acceptors (Lipinski definition) is 5. The molecule has 15 heavy (non-hydrogen) atoms. The Hall–Kier alpha value is -1.43. The van der Waals surface area contributed by atoms with Crippen LogP contribution in [0.15, 0.2) is 11.7 Å². The van der Waals surface area contributed by atoms with Crippen molar-refractivity contribution in [3.8, 4) is 0 Å². The van der Waals surface area contributed by atoms with Crippen LogP contribution < -0.4 is 5.32 Å². The van der Waals surface area contributed by atoms with Crippen molar-refractivity contribution in [3.63, 3.8) is 0 Å². The average Bonchev–Trinajstić information content (AvgIpc) is 2.65. The number of carbonyl (C=O) groups is 2. The summed E-state index contributed by atoms with van der Waals surface area (Å²) in [5.41, 5.74) is 1.74. The summed E-state index contributed by atoms with van der Waals surface area (Å²) in [7, 11) is 0. The molecule has 1 aromatic heterocycles. The van der Waals surface area contributed by atoms with E-state index >= 15 is 0 Å². The smallest absolute Gasteiger partial charge is 0.329 e. The van der Waals surface area contributed by atoms with Gasteiger partial charge < -0.3 is 10.1 Å².